The predicted octanol–water partition coefficient (Wildman–Crippen LogP) is 5.92. The Bertz CT molecular complexity index is 1500. The van der Waals surface area contributed by atoms with Gasteiger partial charge in [-0.05, 0) is 95.8 Å². The van der Waals surface area contributed by atoms with E-state index in [4.69, 9.17) is 10.5 Å². The monoisotopic (exact) mass is 588 g/mol. The molecule has 0 fully saturated rings. The highest BCUT2D eigenvalue weighted by molar-refractivity contribution is 6.01. The summed E-state index contributed by atoms with van der Waals surface area (Å²) in [7, 11) is 0. The van der Waals surface area contributed by atoms with E-state index >= 15 is 0 Å². The number of hydrogen-bond donors (Lipinski definition) is 3. The van der Waals surface area contributed by atoms with Gasteiger partial charge in [-0.15, -0.1) is 0 Å². The fraction of sp³-hybridized carbons (Fsp3) is 0.412. The van der Waals surface area contributed by atoms with E-state index in [1.807, 2.05) is 95.3 Å². The minimum atomic E-state index is -1.18. The number of amides is 4. The number of carbonyl (C=O) groups excluding carboxylic acids is 4. The largest absolute Gasteiger partial charge is 0.444 e. The van der Waals surface area contributed by atoms with Gasteiger partial charge >= 0.3 is 6.09 Å². The molecule has 0 heterocycles. The molecule has 2 atom stereocenters. The van der Waals surface area contributed by atoms with Gasteiger partial charge in [0.1, 0.15) is 17.7 Å². The van der Waals surface area contributed by atoms with Crippen molar-refractivity contribution in [3.05, 3.63) is 77.4 Å². The zero-order chi connectivity index (χ0) is 32.1. The molecule has 0 aromatic heterocycles. The van der Waals surface area contributed by atoms with Crippen molar-refractivity contribution in [3.63, 3.8) is 0 Å². The molecule has 9 nitrogen and oxygen atoms in total. The van der Waals surface area contributed by atoms with Gasteiger partial charge in [0.2, 0.25) is 11.8 Å². The molecule has 0 radical (unpaired) electrons. The van der Waals surface area contributed by atoms with Crippen LogP contribution in [0.1, 0.15) is 77.1 Å². The van der Waals surface area contributed by atoms with Crippen molar-refractivity contribution >= 4 is 40.3 Å². The van der Waals surface area contributed by atoms with Crippen molar-refractivity contribution in [2.24, 2.45) is 5.73 Å². The molecule has 0 saturated carbocycles. The van der Waals surface area contributed by atoms with Crippen LogP contribution in [0.5, 0.6) is 0 Å². The average Bonchev–Trinajstić information content (AvgIpc) is 2.88. The van der Waals surface area contributed by atoms with Crippen LogP contribution in [-0.2, 0) is 19.1 Å². The normalized spacial score (nSPS) is 13.1. The van der Waals surface area contributed by atoms with Crippen LogP contribution in [0.2, 0.25) is 0 Å². The Balaban J connectivity index is 2.11. The summed E-state index contributed by atoms with van der Waals surface area (Å²) in [5, 5.41) is 7.65. The standard InChI is InChI=1S/C34H44N4O5/c1-21-13-14-22(2)26(19-21)29(30(40)36-25-16-15-23-11-9-10-12-24(23)20-25)38(33(3,4)5)31(41)27(17-18-28(35)39)37-32(42)43-34(6,7)8/h9-16,19-20,27,29H,17-18H2,1-8H3,(H2,35,39)(H,36,40)(H,37,42). The van der Waals surface area contributed by atoms with Gasteiger partial charge in [0, 0.05) is 17.6 Å². The van der Waals surface area contributed by atoms with Crippen LogP contribution >= 0.6 is 0 Å². The Hall–Kier alpha value is -4.40. The van der Waals surface area contributed by atoms with Gasteiger partial charge in [0.15, 0.2) is 0 Å². The number of anilines is 1. The fourth-order valence-electron chi connectivity index (χ4n) is 4.94. The third-order valence-corrected chi connectivity index (χ3v) is 6.88. The smallest absolute Gasteiger partial charge is 0.408 e. The quantitative estimate of drug-likeness (QED) is 0.286. The average molecular weight is 589 g/mol. The van der Waals surface area contributed by atoms with Gasteiger partial charge in [0.25, 0.3) is 5.91 Å². The van der Waals surface area contributed by atoms with Crippen LogP contribution < -0.4 is 16.4 Å². The predicted molar refractivity (Wildman–Crippen MR) is 169 cm³/mol. The number of nitrogens with two attached hydrogens (primary N) is 1. The summed E-state index contributed by atoms with van der Waals surface area (Å²) < 4.78 is 5.42. The number of carbonyl (C=O) groups is 4. The maximum absolute atomic E-state index is 14.5. The van der Waals surface area contributed by atoms with Crippen molar-refractivity contribution in [2.75, 3.05) is 5.32 Å². The lowest BCUT2D eigenvalue weighted by atomic mass is 9.91. The van der Waals surface area contributed by atoms with Gasteiger partial charge in [-0.1, -0.05) is 54.1 Å². The number of alkyl carbamates (subject to hydrolysis) is 1. The molecule has 4 N–H and O–H groups in total. The molecule has 3 aromatic carbocycles. The molecule has 4 amide bonds. The lowest BCUT2D eigenvalue weighted by Gasteiger charge is -2.43. The molecular weight excluding hydrogens is 544 g/mol. The van der Waals surface area contributed by atoms with Crippen molar-refractivity contribution < 1.29 is 23.9 Å². The first-order valence-corrected chi connectivity index (χ1v) is 14.4. The summed E-state index contributed by atoms with van der Waals surface area (Å²) in [4.78, 5) is 54.8. The number of fused-ring (bicyclic) bond motifs is 1. The number of ether oxygens (including phenoxy) is 1. The summed E-state index contributed by atoms with van der Waals surface area (Å²) in [6.45, 7) is 14.4. The molecule has 43 heavy (non-hydrogen) atoms. The SMILES string of the molecule is Cc1ccc(C)c(C(C(=O)Nc2ccc3ccccc3c2)N(C(=O)C(CCC(N)=O)NC(=O)OC(C)(C)C)C(C)(C)C)c1. The zero-order valence-corrected chi connectivity index (χ0v) is 26.4. The molecule has 0 aliphatic carbocycles. The van der Waals surface area contributed by atoms with E-state index in [-0.39, 0.29) is 12.8 Å². The maximum atomic E-state index is 14.5. The van der Waals surface area contributed by atoms with Crippen molar-refractivity contribution in [2.45, 2.75) is 91.5 Å². The summed E-state index contributed by atoms with van der Waals surface area (Å²) >= 11 is 0. The third-order valence-electron chi connectivity index (χ3n) is 6.88. The minimum absolute atomic E-state index is 0.0637. The van der Waals surface area contributed by atoms with E-state index in [1.54, 1.807) is 20.8 Å². The van der Waals surface area contributed by atoms with E-state index in [1.165, 1.54) is 4.90 Å². The highest BCUT2D eigenvalue weighted by Crippen LogP contribution is 2.34. The molecule has 0 aliphatic heterocycles. The second-order valence-corrected chi connectivity index (χ2v) is 12.9. The zero-order valence-electron chi connectivity index (χ0n) is 26.4. The highest BCUT2D eigenvalue weighted by Gasteiger charge is 2.42. The van der Waals surface area contributed by atoms with Gasteiger partial charge in [-0.3, -0.25) is 14.4 Å². The molecule has 3 aromatic rings. The summed E-state index contributed by atoms with van der Waals surface area (Å²) in [6, 6.07) is 17.0. The van der Waals surface area contributed by atoms with Crippen LogP contribution in [0.25, 0.3) is 10.8 Å². The van der Waals surface area contributed by atoms with E-state index in [0.717, 1.165) is 21.9 Å². The van der Waals surface area contributed by atoms with Gasteiger partial charge in [-0.25, -0.2) is 4.79 Å². The molecule has 3 rings (SSSR count). The minimum Gasteiger partial charge on any atom is -0.444 e. The third kappa shape index (κ3) is 9.04. The lowest BCUT2D eigenvalue weighted by molar-refractivity contribution is -0.147. The molecule has 0 spiro atoms. The summed E-state index contributed by atoms with van der Waals surface area (Å²) in [6.07, 6.45) is -1.03. The van der Waals surface area contributed by atoms with E-state index in [0.29, 0.717) is 11.3 Å². The number of hydrogen-bond acceptors (Lipinski definition) is 5. The first-order valence-electron chi connectivity index (χ1n) is 14.4. The molecule has 0 aliphatic rings. The second-order valence-electron chi connectivity index (χ2n) is 12.9. The van der Waals surface area contributed by atoms with Gasteiger partial charge in [0.05, 0.1) is 0 Å². The first kappa shape index (κ1) is 33.1. The fourth-order valence-corrected chi connectivity index (χ4v) is 4.94. The van der Waals surface area contributed by atoms with E-state index in [9.17, 15) is 19.2 Å². The Kier molecular flexibility index (Phi) is 10.2. The van der Waals surface area contributed by atoms with Crippen LogP contribution in [0.15, 0.2) is 60.7 Å². The van der Waals surface area contributed by atoms with E-state index < -0.39 is 47.0 Å². The topological polar surface area (TPSA) is 131 Å². The molecular formula is C34H44N4O5. The van der Waals surface area contributed by atoms with Crippen LogP contribution in [0.4, 0.5) is 10.5 Å². The number of nitrogens with one attached hydrogen (secondary N) is 2. The van der Waals surface area contributed by atoms with Gasteiger partial charge in [-0.2, -0.15) is 0 Å². The summed E-state index contributed by atoms with van der Waals surface area (Å²) in [5.41, 5.74) is 6.69. The maximum Gasteiger partial charge on any atom is 0.408 e. The number of nitrogens with zero attached hydrogens (tertiary/aromatic N) is 1. The van der Waals surface area contributed by atoms with Crippen molar-refractivity contribution in [3.8, 4) is 0 Å². The van der Waals surface area contributed by atoms with Crippen LogP contribution in [-0.4, -0.2) is 45.9 Å². The second kappa shape index (κ2) is 13.3. The summed E-state index contributed by atoms with van der Waals surface area (Å²) in [5.74, 6) is -1.58. The van der Waals surface area contributed by atoms with E-state index in [2.05, 4.69) is 10.6 Å². The van der Waals surface area contributed by atoms with Crippen LogP contribution in [0.3, 0.4) is 0 Å². The number of aryl methyl sites for hydroxylation is 2. The first-order chi connectivity index (χ1) is 20.0. The molecule has 2 unspecified atom stereocenters. The lowest BCUT2D eigenvalue weighted by Crippen LogP contribution is -2.58. The van der Waals surface area contributed by atoms with Crippen LogP contribution in [0, 0.1) is 13.8 Å². The Morgan fingerprint density at radius 3 is 2.14 bits per heavy atom. The number of rotatable bonds is 9. The Morgan fingerprint density at radius 2 is 1.53 bits per heavy atom. The van der Waals surface area contributed by atoms with Gasteiger partial charge < -0.3 is 26.0 Å². The van der Waals surface area contributed by atoms with Crippen molar-refractivity contribution in [1.29, 1.82) is 0 Å². The Morgan fingerprint density at radius 1 is 0.884 bits per heavy atom. The molecule has 9 heteroatoms. The molecule has 0 bridgehead atoms. The Labute approximate surface area is 254 Å². The number of benzene rings is 3. The number of primary amides is 1. The highest BCUT2D eigenvalue weighted by atomic mass is 16.6. The molecule has 230 valence electrons. The van der Waals surface area contributed by atoms with Crippen molar-refractivity contribution in [1.82, 2.24) is 10.2 Å². The molecule has 0 saturated heterocycles.